The second-order valence-corrected chi connectivity index (χ2v) is 7.57. The van der Waals surface area contributed by atoms with E-state index in [0.717, 1.165) is 13.1 Å². The molecule has 1 aromatic carbocycles. The topological polar surface area (TPSA) is 60.0 Å². The van der Waals surface area contributed by atoms with E-state index in [0.29, 0.717) is 35.3 Å². The number of benzene rings is 1. The molecule has 0 radical (unpaired) electrons. The summed E-state index contributed by atoms with van der Waals surface area (Å²) in [6, 6.07) is 3.42. The summed E-state index contributed by atoms with van der Waals surface area (Å²) in [4.78, 5) is 15.2. The lowest BCUT2D eigenvalue weighted by Crippen LogP contribution is -2.54. The number of nitrogens with one attached hydrogen (secondary N) is 1. The number of rotatable bonds is 7. The average Bonchev–Trinajstić information content (AvgIpc) is 2.64. The molecule has 1 heterocycles. The molecule has 6 nitrogen and oxygen atoms in total. The molecule has 1 aliphatic heterocycles. The number of nitrogens with zero attached hydrogens (tertiary/aromatic N) is 1. The average molecular weight is 364 g/mol. The number of carbonyl (C=O) groups is 1. The normalized spacial score (nSPS) is 18.3. The minimum atomic E-state index is -0.180. The van der Waals surface area contributed by atoms with E-state index in [2.05, 4.69) is 31.0 Å². The van der Waals surface area contributed by atoms with Gasteiger partial charge in [0.2, 0.25) is 5.75 Å². The Bertz CT molecular complexity index is 630. The number of ether oxygens (including phenoxy) is 3. The number of carbonyl (C=O) groups excluding carboxylic acids is 1. The van der Waals surface area contributed by atoms with E-state index < -0.39 is 0 Å². The molecule has 1 N–H and O–H groups in total. The van der Waals surface area contributed by atoms with Crippen LogP contribution in [0.1, 0.15) is 44.0 Å². The molecule has 6 heteroatoms. The summed E-state index contributed by atoms with van der Waals surface area (Å²) in [5.41, 5.74) is 0.335. The van der Waals surface area contributed by atoms with Crippen molar-refractivity contribution in [1.82, 2.24) is 10.2 Å². The predicted octanol–water partition coefficient (Wildman–Crippen LogP) is 2.95. The molecule has 0 spiro atoms. The van der Waals surface area contributed by atoms with Crippen LogP contribution in [0.15, 0.2) is 12.1 Å². The molecular formula is C20H32N2O4. The van der Waals surface area contributed by atoms with Crippen LogP contribution in [0.4, 0.5) is 0 Å². The lowest BCUT2D eigenvalue weighted by atomic mass is 9.93. The fourth-order valence-corrected chi connectivity index (χ4v) is 3.52. The lowest BCUT2D eigenvalue weighted by molar-refractivity contribution is 0.0656. The van der Waals surface area contributed by atoms with Gasteiger partial charge in [-0.25, -0.2) is 0 Å². The van der Waals surface area contributed by atoms with Crippen LogP contribution < -0.4 is 19.5 Å². The van der Waals surface area contributed by atoms with E-state index in [4.69, 9.17) is 14.2 Å². The second kappa shape index (κ2) is 8.62. The highest BCUT2D eigenvalue weighted by Crippen LogP contribution is 2.39. The van der Waals surface area contributed by atoms with Crippen LogP contribution in [0.5, 0.6) is 17.2 Å². The van der Waals surface area contributed by atoms with Crippen molar-refractivity contribution >= 4 is 5.91 Å². The van der Waals surface area contributed by atoms with Gasteiger partial charge in [-0.15, -0.1) is 0 Å². The van der Waals surface area contributed by atoms with Crippen LogP contribution in [-0.4, -0.2) is 57.3 Å². The van der Waals surface area contributed by atoms with E-state index in [1.165, 1.54) is 27.1 Å². The molecule has 1 unspecified atom stereocenters. The summed E-state index contributed by atoms with van der Waals surface area (Å²) < 4.78 is 16.1. The van der Waals surface area contributed by atoms with Crippen molar-refractivity contribution in [1.29, 1.82) is 0 Å². The summed E-state index contributed by atoms with van der Waals surface area (Å²) in [6.45, 7) is 9.36. The Morgan fingerprint density at radius 2 is 1.88 bits per heavy atom. The zero-order valence-corrected chi connectivity index (χ0v) is 16.8. The molecule has 2 rings (SSSR count). The number of methoxy groups -OCH3 is 3. The molecule has 1 aromatic rings. The van der Waals surface area contributed by atoms with Crippen molar-refractivity contribution in [3.05, 3.63) is 17.7 Å². The van der Waals surface area contributed by atoms with Gasteiger partial charge in [0.25, 0.3) is 5.91 Å². The highest BCUT2D eigenvalue weighted by atomic mass is 16.5. The first-order valence-electron chi connectivity index (χ1n) is 9.16. The van der Waals surface area contributed by atoms with E-state index in [1.54, 1.807) is 19.2 Å². The largest absolute Gasteiger partial charge is 0.493 e. The van der Waals surface area contributed by atoms with Crippen molar-refractivity contribution in [2.45, 2.75) is 39.2 Å². The molecular weight excluding hydrogens is 332 g/mol. The second-order valence-electron chi connectivity index (χ2n) is 7.57. The molecule has 0 aromatic heterocycles. The lowest BCUT2D eigenvalue weighted by Gasteiger charge is -2.43. The number of likely N-dealkylation sites (tertiary alicyclic amines) is 1. The Balaban J connectivity index is 2.12. The van der Waals surface area contributed by atoms with E-state index in [1.807, 2.05) is 0 Å². The Hall–Kier alpha value is -1.95. The maximum Gasteiger partial charge on any atom is 0.255 e. The third-order valence-corrected chi connectivity index (χ3v) is 5.14. The van der Waals surface area contributed by atoms with Crippen LogP contribution in [0, 0.1) is 5.92 Å². The maximum atomic E-state index is 12.8. The smallest absolute Gasteiger partial charge is 0.255 e. The number of hydrogen-bond acceptors (Lipinski definition) is 5. The molecule has 1 atom stereocenters. The fourth-order valence-electron chi connectivity index (χ4n) is 3.52. The first-order valence-corrected chi connectivity index (χ1v) is 9.16. The number of hydrogen-bond donors (Lipinski definition) is 1. The Morgan fingerprint density at radius 3 is 2.46 bits per heavy atom. The van der Waals surface area contributed by atoms with E-state index in [-0.39, 0.29) is 11.4 Å². The van der Waals surface area contributed by atoms with Crippen molar-refractivity contribution in [3.63, 3.8) is 0 Å². The van der Waals surface area contributed by atoms with Gasteiger partial charge in [-0.05, 0) is 51.3 Å². The van der Waals surface area contributed by atoms with Gasteiger partial charge in [0.05, 0.1) is 26.9 Å². The fraction of sp³-hybridized carbons (Fsp3) is 0.650. The molecule has 1 saturated heterocycles. The third kappa shape index (κ3) is 4.41. The van der Waals surface area contributed by atoms with Gasteiger partial charge < -0.3 is 19.5 Å². The zero-order valence-electron chi connectivity index (χ0n) is 16.8. The summed E-state index contributed by atoms with van der Waals surface area (Å²) in [5.74, 6) is 1.86. The van der Waals surface area contributed by atoms with Crippen molar-refractivity contribution in [3.8, 4) is 17.2 Å². The first-order chi connectivity index (χ1) is 12.3. The van der Waals surface area contributed by atoms with Crippen molar-refractivity contribution < 1.29 is 19.0 Å². The van der Waals surface area contributed by atoms with E-state index >= 15 is 0 Å². The standard InChI is InChI=1S/C20H32N2O4/c1-14-8-7-11-22(12-14)20(2,3)13-21-19(23)15-9-10-16(24-4)18(26-6)17(15)25-5/h9-10,14H,7-8,11-13H2,1-6H3,(H,21,23). The van der Waals surface area contributed by atoms with Crippen LogP contribution in [0.25, 0.3) is 0 Å². The van der Waals surface area contributed by atoms with Gasteiger partial charge in [0.15, 0.2) is 11.5 Å². The molecule has 0 saturated carbocycles. The van der Waals surface area contributed by atoms with Gasteiger partial charge in [0, 0.05) is 18.6 Å². The Labute approximate surface area is 156 Å². The number of piperidine rings is 1. The van der Waals surface area contributed by atoms with Gasteiger partial charge in [-0.2, -0.15) is 0 Å². The zero-order chi connectivity index (χ0) is 19.3. The molecule has 0 bridgehead atoms. The minimum absolute atomic E-state index is 0.103. The monoisotopic (exact) mass is 364 g/mol. The Kier molecular flexibility index (Phi) is 6.75. The quantitative estimate of drug-likeness (QED) is 0.806. The summed E-state index contributed by atoms with van der Waals surface area (Å²) in [6.07, 6.45) is 2.49. The summed E-state index contributed by atoms with van der Waals surface area (Å²) in [5, 5.41) is 3.06. The summed E-state index contributed by atoms with van der Waals surface area (Å²) >= 11 is 0. The van der Waals surface area contributed by atoms with Crippen LogP contribution >= 0.6 is 0 Å². The minimum Gasteiger partial charge on any atom is -0.493 e. The van der Waals surface area contributed by atoms with Gasteiger partial charge in [-0.3, -0.25) is 9.69 Å². The van der Waals surface area contributed by atoms with Gasteiger partial charge >= 0.3 is 0 Å². The van der Waals surface area contributed by atoms with Gasteiger partial charge in [0.1, 0.15) is 0 Å². The van der Waals surface area contributed by atoms with E-state index in [9.17, 15) is 4.79 Å². The molecule has 26 heavy (non-hydrogen) atoms. The molecule has 146 valence electrons. The van der Waals surface area contributed by atoms with Crippen molar-refractivity contribution in [2.24, 2.45) is 5.92 Å². The molecule has 1 amide bonds. The van der Waals surface area contributed by atoms with Gasteiger partial charge in [-0.1, -0.05) is 6.92 Å². The first kappa shape index (κ1) is 20.4. The molecule has 1 aliphatic rings. The SMILES string of the molecule is COc1ccc(C(=O)NCC(C)(C)N2CCCC(C)C2)c(OC)c1OC. The van der Waals surface area contributed by atoms with Crippen LogP contribution in [0.3, 0.4) is 0 Å². The highest BCUT2D eigenvalue weighted by Gasteiger charge is 2.31. The van der Waals surface area contributed by atoms with Crippen LogP contribution in [0.2, 0.25) is 0 Å². The number of amides is 1. The van der Waals surface area contributed by atoms with Crippen LogP contribution in [-0.2, 0) is 0 Å². The molecule has 0 aliphatic carbocycles. The van der Waals surface area contributed by atoms with Crippen molar-refractivity contribution in [2.75, 3.05) is 41.0 Å². The molecule has 1 fully saturated rings. The Morgan fingerprint density at radius 1 is 1.19 bits per heavy atom. The highest BCUT2D eigenvalue weighted by molar-refractivity contribution is 5.98. The maximum absolute atomic E-state index is 12.8. The summed E-state index contributed by atoms with van der Waals surface area (Å²) in [7, 11) is 4.61. The predicted molar refractivity (Wildman–Crippen MR) is 102 cm³/mol. The third-order valence-electron chi connectivity index (χ3n) is 5.14.